The van der Waals surface area contributed by atoms with Crippen molar-refractivity contribution in [2.75, 3.05) is 19.6 Å². The molecule has 0 aromatic heterocycles. The molecule has 1 aromatic rings. The third-order valence-corrected chi connectivity index (χ3v) is 5.20. The van der Waals surface area contributed by atoms with Crippen LogP contribution >= 0.6 is 11.6 Å². The SMILES string of the molecule is CCN(CC)CC(C)NS(=O)(=O)c1cc(C#N)ccc1Cl. The fourth-order valence-corrected chi connectivity index (χ4v) is 3.77. The van der Waals surface area contributed by atoms with Crippen LogP contribution in [-0.2, 0) is 10.0 Å². The Bertz CT molecular complexity index is 622. The average molecular weight is 330 g/mol. The van der Waals surface area contributed by atoms with Crippen molar-refractivity contribution in [3.63, 3.8) is 0 Å². The van der Waals surface area contributed by atoms with E-state index in [1.165, 1.54) is 18.2 Å². The molecule has 0 spiro atoms. The van der Waals surface area contributed by atoms with E-state index in [2.05, 4.69) is 9.62 Å². The first-order valence-electron chi connectivity index (χ1n) is 6.78. The first-order chi connectivity index (χ1) is 9.83. The fraction of sp³-hybridized carbons (Fsp3) is 0.500. The van der Waals surface area contributed by atoms with Crippen molar-refractivity contribution in [2.24, 2.45) is 0 Å². The highest BCUT2D eigenvalue weighted by molar-refractivity contribution is 7.89. The van der Waals surface area contributed by atoms with Crippen molar-refractivity contribution in [3.05, 3.63) is 28.8 Å². The standard InChI is InChI=1S/C14H20ClN3O2S/c1-4-18(5-2)10-11(3)17-21(19,20)14-8-12(9-16)6-7-13(14)15/h6-8,11,17H,4-5,10H2,1-3H3. The van der Waals surface area contributed by atoms with Gasteiger partial charge in [-0.25, -0.2) is 13.1 Å². The van der Waals surface area contributed by atoms with Gasteiger partial charge in [-0.1, -0.05) is 25.4 Å². The van der Waals surface area contributed by atoms with E-state index in [-0.39, 0.29) is 21.5 Å². The summed E-state index contributed by atoms with van der Waals surface area (Å²) in [6, 6.07) is 5.85. The molecule has 1 rings (SSSR count). The molecular formula is C14H20ClN3O2S. The zero-order valence-corrected chi connectivity index (χ0v) is 14.0. The number of nitriles is 1. The van der Waals surface area contributed by atoms with E-state index >= 15 is 0 Å². The summed E-state index contributed by atoms with van der Waals surface area (Å²) in [4.78, 5) is 2.06. The smallest absolute Gasteiger partial charge is 0.242 e. The van der Waals surface area contributed by atoms with Crippen LogP contribution in [0.25, 0.3) is 0 Å². The van der Waals surface area contributed by atoms with Crippen LogP contribution in [0.2, 0.25) is 5.02 Å². The third-order valence-electron chi connectivity index (χ3n) is 3.13. The maximum Gasteiger partial charge on any atom is 0.242 e. The van der Waals surface area contributed by atoms with Crippen LogP contribution in [0.5, 0.6) is 0 Å². The molecule has 0 amide bonds. The van der Waals surface area contributed by atoms with Crippen LogP contribution in [0.15, 0.2) is 23.1 Å². The van der Waals surface area contributed by atoms with Crippen LogP contribution in [0, 0.1) is 11.3 Å². The zero-order chi connectivity index (χ0) is 16.0. The van der Waals surface area contributed by atoms with E-state index in [0.29, 0.717) is 6.54 Å². The molecule has 5 nitrogen and oxygen atoms in total. The fourth-order valence-electron chi connectivity index (χ4n) is 2.01. The lowest BCUT2D eigenvalue weighted by Gasteiger charge is -2.23. The molecule has 0 aliphatic carbocycles. The third kappa shape index (κ3) is 4.97. The molecule has 0 saturated heterocycles. The highest BCUT2D eigenvalue weighted by Crippen LogP contribution is 2.22. The Morgan fingerprint density at radius 3 is 2.52 bits per heavy atom. The summed E-state index contributed by atoms with van der Waals surface area (Å²) >= 11 is 5.94. The molecule has 0 bridgehead atoms. The number of likely N-dealkylation sites (N-methyl/N-ethyl adjacent to an activating group) is 1. The molecule has 0 aliphatic heterocycles. The lowest BCUT2D eigenvalue weighted by atomic mass is 10.2. The van der Waals surface area contributed by atoms with Crippen molar-refractivity contribution < 1.29 is 8.42 Å². The van der Waals surface area contributed by atoms with Crippen LogP contribution in [0.1, 0.15) is 26.3 Å². The molecule has 7 heteroatoms. The number of rotatable bonds is 7. The molecule has 1 aromatic carbocycles. The van der Waals surface area contributed by atoms with Gasteiger partial charge in [-0.15, -0.1) is 0 Å². The van der Waals surface area contributed by atoms with Gasteiger partial charge in [0.15, 0.2) is 0 Å². The second-order valence-corrected chi connectivity index (χ2v) is 6.85. The van der Waals surface area contributed by atoms with E-state index in [0.717, 1.165) is 13.1 Å². The summed E-state index contributed by atoms with van der Waals surface area (Å²) in [5.41, 5.74) is 0.260. The minimum atomic E-state index is -3.74. The van der Waals surface area contributed by atoms with E-state index in [1.54, 1.807) is 6.92 Å². The lowest BCUT2D eigenvalue weighted by molar-refractivity contribution is 0.282. The number of hydrogen-bond acceptors (Lipinski definition) is 4. The minimum Gasteiger partial charge on any atom is -0.302 e. The predicted molar refractivity (Wildman–Crippen MR) is 83.7 cm³/mol. The summed E-state index contributed by atoms with van der Waals surface area (Å²) in [6.45, 7) is 8.18. The van der Waals surface area contributed by atoms with Gasteiger partial charge in [0.2, 0.25) is 10.0 Å². The summed E-state index contributed by atoms with van der Waals surface area (Å²) < 4.78 is 27.3. The molecule has 0 saturated carbocycles. The highest BCUT2D eigenvalue weighted by atomic mass is 35.5. The van der Waals surface area contributed by atoms with Gasteiger partial charge in [0.1, 0.15) is 4.90 Å². The normalized spacial score (nSPS) is 13.1. The number of benzene rings is 1. The van der Waals surface area contributed by atoms with E-state index in [4.69, 9.17) is 16.9 Å². The van der Waals surface area contributed by atoms with Gasteiger partial charge < -0.3 is 4.90 Å². The number of sulfonamides is 1. The maximum absolute atomic E-state index is 12.4. The summed E-state index contributed by atoms with van der Waals surface area (Å²) in [5.74, 6) is 0. The monoisotopic (exact) mass is 329 g/mol. The molecule has 0 radical (unpaired) electrons. The van der Waals surface area contributed by atoms with E-state index in [1.807, 2.05) is 19.9 Å². The summed E-state index contributed by atoms with van der Waals surface area (Å²) in [7, 11) is -3.74. The van der Waals surface area contributed by atoms with Crippen LogP contribution in [0.4, 0.5) is 0 Å². The number of nitrogens with one attached hydrogen (secondary N) is 1. The lowest BCUT2D eigenvalue weighted by Crippen LogP contribution is -2.41. The first-order valence-corrected chi connectivity index (χ1v) is 8.64. The van der Waals surface area contributed by atoms with Gasteiger partial charge in [0.05, 0.1) is 16.7 Å². The molecule has 0 heterocycles. The largest absolute Gasteiger partial charge is 0.302 e. The van der Waals surface area contributed by atoms with Gasteiger partial charge in [-0.2, -0.15) is 5.26 Å². The van der Waals surface area contributed by atoms with Crippen molar-refractivity contribution in [3.8, 4) is 6.07 Å². The van der Waals surface area contributed by atoms with Crippen LogP contribution < -0.4 is 4.72 Å². The van der Waals surface area contributed by atoms with Crippen molar-refractivity contribution in [1.82, 2.24) is 9.62 Å². The van der Waals surface area contributed by atoms with Crippen LogP contribution in [0.3, 0.4) is 0 Å². The second-order valence-electron chi connectivity index (χ2n) is 4.77. The Balaban J connectivity index is 2.94. The quantitative estimate of drug-likeness (QED) is 0.832. The van der Waals surface area contributed by atoms with Gasteiger partial charge in [0.25, 0.3) is 0 Å². The molecule has 0 fully saturated rings. The van der Waals surface area contributed by atoms with Gasteiger partial charge in [-0.05, 0) is 38.2 Å². The van der Waals surface area contributed by atoms with Gasteiger partial charge >= 0.3 is 0 Å². The molecule has 116 valence electrons. The molecule has 1 unspecified atom stereocenters. The summed E-state index contributed by atoms with van der Waals surface area (Å²) in [6.07, 6.45) is 0. The summed E-state index contributed by atoms with van der Waals surface area (Å²) in [5, 5.41) is 8.98. The van der Waals surface area contributed by atoms with Gasteiger partial charge in [0, 0.05) is 12.6 Å². The molecule has 0 aliphatic rings. The topological polar surface area (TPSA) is 73.2 Å². The molecule has 1 atom stereocenters. The maximum atomic E-state index is 12.4. The van der Waals surface area contributed by atoms with Crippen LogP contribution in [-0.4, -0.2) is 39.0 Å². The zero-order valence-electron chi connectivity index (χ0n) is 12.4. The second kappa shape index (κ2) is 7.76. The van der Waals surface area contributed by atoms with Crippen molar-refractivity contribution in [1.29, 1.82) is 5.26 Å². The number of hydrogen-bond donors (Lipinski definition) is 1. The molecule has 1 N–H and O–H groups in total. The number of nitrogens with zero attached hydrogens (tertiary/aromatic N) is 2. The van der Waals surface area contributed by atoms with Crippen molar-refractivity contribution in [2.45, 2.75) is 31.7 Å². The Hall–Kier alpha value is -1.13. The van der Waals surface area contributed by atoms with Gasteiger partial charge in [-0.3, -0.25) is 0 Å². The Morgan fingerprint density at radius 1 is 1.38 bits per heavy atom. The van der Waals surface area contributed by atoms with E-state index in [9.17, 15) is 8.42 Å². The Kier molecular flexibility index (Phi) is 6.62. The Labute approximate surface area is 131 Å². The van der Waals surface area contributed by atoms with E-state index < -0.39 is 10.0 Å². The Morgan fingerprint density at radius 2 is 2.00 bits per heavy atom. The first kappa shape index (κ1) is 17.9. The highest BCUT2D eigenvalue weighted by Gasteiger charge is 2.21. The van der Waals surface area contributed by atoms with Crippen molar-refractivity contribution >= 4 is 21.6 Å². The average Bonchev–Trinajstić information content (AvgIpc) is 2.44. The molecular weight excluding hydrogens is 310 g/mol. The number of halogens is 1. The minimum absolute atomic E-state index is 0.0605. The predicted octanol–water partition coefficient (Wildman–Crippen LogP) is 2.22. The molecule has 21 heavy (non-hydrogen) atoms.